The molecule has 4 aromatic rings. The molecule has 0 fully saturated rings. The lowest BCUT2D eigenvalue weighted by Gasteiger charge is -2.19. The van der Waals surface area contributed by atoms with E-state index in [4.69, 9.17) is 0 Å². The summed E-state index contributed by atoms with van der Waals surface area (Å²) >= 11 is 1.19. The third kappa shape index (κ3) is 2.99. The second-order valence-electron chi connectivity index (χ2n) is 5.63. The monoisotopic (exact) mass is 350 g/mol. The van der Waals surface area contributed by atoms with Crippen molar-refractivity contribution in [1.82, 2.24) is 28.4 Å². The molecule has 25 heavy (non-hydrogen) atoms. The molecule has 1 amide bonds. The van der Waals surface area contributed by atoms with Gasteiger partial charge in [0.15, 0.2) is 0 Å². The first kappa shape index (κ1) is 15.4. The molecule has 124 valence electrons. The van der Waals surface area contributed by atoms with Gasteiger partial charge >= 0.3 is 0 Å². The second-order valence-corrected chi connectivity index (χ2v) is 6.16. The normalized spacial score (nSPS) is 10.9. The number of carbonyl (C=O) groups excluding carboxylic acids is 1. The zero-order chi connectivity index (χ0) is 17.2. The predicted octanol–water partition coefficient (Wildman–Crippen LogP) is 2.54. The SMILES string of the molecule is CN(Cc1ccc2nsnc2c1)C(=O)c1ccccc1-n1cnnc1. The lowest BCUT2D eigenvalue weighted by atomic mass is 10.1. The van der Waals surface area contributed by atoms with Gasteiger partial charge in [0, 0.05) is 13.6 Å². The number of fused-ring (bicyclic) bond motifs is 1. The van der Waals surface area contributed by atoms with Crippen molar-refractivity contribution in [3.63, 3.8) is 0 Å². The van der Waals surface area contributed by atoms with Crippen molar-refractivity contribution in [1.29, 1.82) is 0 Å². The number of amides is 1. The van der Waals surface area contributed by atoms with Crippen LogP contribution in [-0.2, 0) is 6.54 Å². The first-order chi connectivity index (χ1) is 12.2. The van der Waals surface area contributed by atoms with Crippen molar-refractivity contribution in [2.75, 3.05) is 7.05 Å². The number of aromatic nitrogens is 5. The molecule has 8 heteroatoms. The van der Waals surface area contributed by atoms with Crippen LogP contribution in [0.4, 0.5) is 0 Å². The summed E-state index contributed by atoms with van der Waals surface area (Å²) in [5, 5.41) is 7.62. The number of para-hydroxylation sites is 1. The van der Waals surface area contributed by atoms with Gasteiger partial charge in [-0.05, 0) is 29.8 Å². The van der Waals surface area contributed by atoms with Gasteiger partial charge in [-0.2, -0.15) is 8.75 Å². The van der Waals surface area contributed by atoms with Gasteiger partial charge in [-0.25, -0.2) is 0 Å². The quantitative estimate of drug-likeness (QED) is 0.565. The number of carbonyl (C=O) groups is 1. The minimum Gasteiger partial charge on any atom is -0.337 e. The number of hydrogen-bond acceptors (Lipinski definition) is 6. The van der Waals surface area contributed by atoms with Gasteiger partial charge < -0.3 is 4.90 Å². The Bertz CT molecular complexity index is 1030. The summed E-state index contributed by atoms with van der Waals surface area (Å²) < 4.78 is 10.2. The number of nitrogens with zero attached hydrogens (tertiary/aromatic N) is 6. The van der Waals surface area contributed by atoms with Crippen LogP contribution in [0.5, 0.6) is 0 Å². The second kappa shape index (κ2) is 6.40. The average molecular weight is 350 g/mol. The molecule has 0 aliphatic rings. The molecule has 0 atom stereocenters. The lowest BCUT2D eigenvalue weighted by molar-refractivity contribution is 0.0785. The maximum atomic E-state index is 12.9. The van der Waals surface area contributed by atoms with Gasteiger partial charge in [0.25, 0.3) is 5.91 Å². The van der Waals surface area contributed by atoms with E-state index in [0.29, 0.717) is 12.1 Å². The van der Waals surface area contributed by atoms with Crippen molar-refractivity contribution in [2.45, 2.75) is 6.54 Å². The first-order valence-electron chi connectivity index (χ1n) is 7.63. The molecule has 0 spiro atoms. The fraction of sp³-hybridized carbons (Fsp3) is 0.118. The summed E-state index contributed by atoms with van der Waals surface area (Å²) in [6.45, 7) is 0.489. The van der Waals surface area contributed by atoms with E-state index >= 15 is 0 Å². The third-order valence-corrected chi connectivity index (χ3v) is 4.47. The number of rotatable bonds is 4. The van der Waals surface area contributed by atoms with E-state index in [1.165, 1.54) is 11.7 Å². The van der Waals surface area contributed by atoms with Crippen molar-refractivity contribution in [2.24, 2.45) is 0 Å². The third-order valence-electron chi connectivity index (χ3n) is 3.92. The van der Waals surface area contributed by atoms with Crippen LogP contribution < -0.4 is 0 Å². The molecular formula is C17H14N6OS. The Labute approximate surface area is 147 Å². The standard InChI is InChI=1S/C17H14N6OS/c1-22(9-12-6-7-14-15(8-12)21-25-20-14)17(24)13-4-2-3-5-16(13)23-10-18-19-11-23/h2-8,10-11H,9H2,1H3. The number of benzene rings is 2. The average Bonchev–Trinajstić information content (AvgIpc) is 3.32. The Morgan fingerprint density at radius 2 is 1.84 bits per heavy atom. The van der Waals surface area contributed by atoms with Crippen LogP contribution >= 0.6 is 11.7 Å². The molecule has 2 heterocycles. The van der Waals surface area contributed by atoms with Gasteiger partial charge in [-0.15, -0.1) is 10.2 Å². The minimum atomic E-state index is -0.0687. The minimum absolute atomic E-state index is 0.0687. The first-order valence-corrected chi connectivity index (χ1v) is 8.36. The van der Waals surface area contributed by atoms with Gasteiger partial charge in [0.05, 0.1) is 23.0 Å². The Morgan fingerprint density at radius 3 is 2.68 bits per heavy atom. The molecule has 0 aliphatic carbocycles. The molecule has 0 N–H and O–H groups in total. The highest BCUT2D eigenvalue weighted by atomic mass is 32.1. The van der Waals surface area contributed by atoms with E-state index in [2.05, 4.69) is 18.9 Å². The molecule has 0 radical (unpaired) electrons. The van der Waals surface area contributed by atoms with E-state index in [1.54, 1.807) is 29.2 Å². The summed E-state index contributed by atoms with van der Waals surface area (Å²) in [6, 6.07) is 13.3. The van der Waals surface area contributed by atoms with Gasteiger partial charge in [0.1, 0.15) is 23.7 Å². The van der Waals surface area contributed by atoms with Crippen molar-refractivity contribution < 1.29 is 4.79 Å². The van der Waals surface area contributed by atoms with Gasteiger partial charge in [-0.3, -0.25) is 9.36 Å². The Hall–Kier alpha value is -3.13. The smallest absolute Gasteiger partial charge is 0.256 e. The number of hydrogen-bond donors (Lipinski definition) is 0. The van der Waals surface area contributed by atoms with Crippen LogP contribution in [0.1, 0.15) is 15.9 Å². The predicted molar refractivity (Wildman–Crippen MR) is 94.6 cm³/mol. The summed E-state index contributed by atoms with van der Waals surface area (Å²) in [5.74, 6) is -0.0687. The fourth-order valence-electron chi connectivity index (χ4n) is 2.68. The largest absolute Gasteiger partial charge is 0.337 e. The molecular weight excluding hydrogens is 336 g/mol. The van der Waals surface area contributed by atoms with Crippen LogP contribution in [0.15, 0.2) is 55.1 Å². The fourth-order valence-corrected chi connectivity index (χ4v) is 3.20. The van der Waals surface area contributed by atoms with Gasteiger partial charge in [-0.1, -0.05) is 18.2 Å². The summed E-state index contributed by atoms with van der Waals surface area (Å²) in [7, 11) is 1.79. The molecule has 0 saturated carbocycles. The topological polar surface area (TPSA) is 76.8 Å². The van der Waals surface area contributed by atoms with Crippen molar-refractivity contribution in [3.05, 3.63) is 66.2 Å². The highest BCUT2D eigenvalue weighted by Crippen LogP contribution is 2.18. The Kier molecular flexibility index (Phi) is 3.95. The van der Waals surface area contributed by atoms with Crippen LogP contribution in [-0.4, -0.2) is 41.4 Å². The maximum Gasteiger partial charge on any atom is 0.256 e. The lowest BCUT2D eigenvalue weighted by Crippen LogP contribution is -2.27. The molecule has 0 saturated heterocycles. The molecule has 4 rings (SSSR count). The summed E-state index contributed by atoms with van der Waals surface area (Å²) in [6.07, 6.45) is 3.16. The van der Waals surface area contributed by atoms with Crippen molar-refractivity contribution >= 4 is 28.7 Å². The van der Waals surface area contributed by atoms with Crippen LogP contribution in [0.3, 0.4) is 0 Å². The van der Waals surface area contributed by atoms with Crippen LogP contribution in [0.2, 0.25) is 0 Å². The van der Waals surface area contributed by atoms with E-state index < -0.39 is 0 Å². The Morgan fingerprint density at radius 1 is 1.08 bits per heavy atom. The van der Waals surface area contributed by atoms with E-state index in [1.807, 2.05) is 42.5 Å². The van der Waals surface area contributed by atoms with E-state index in [0.717, 1.165) is 22.3 Å². The van der Waals surface area contributed by atoms with Crippen molar-refractivity contribution in [3.8, 4) is 5.69 Å². The maximum absolute atomic E-state index is 12.9. The highest BCUT2D eigenvalue weighted by molar-refractivity contribution is 7.00. The molecule has 2 aromatic heterocycles. The zero-order valence-corrected chi connectivity index (χ0v) is 14.2. The molecule has 2 aromatic carbocycles. The van der Waals surface area contributed by atoms with E-state index in [9.17, 15) is 4.79 Å². The Balaban J connectivity index is 1.60. The molecule has 7 nitrogen and oxygen atoms in total. The highest BCUT2D eigenvalue weighted by Gasteiger charge is 2.17. The molecule has 0 unspecified atom stereocenters. The summed E-state index contributed by atoms with van der Waals surface area (Å²) in [4.78, 5) is 14.6. The van der Waals surface area contributed by atoms with Gasteiger partial charge in [0.2, 0.25) is 0 Å². The molecule has 0 bridgehead atoms. The van der Waals surface area contributed by atoms with Crippen LogP contribution in [0.25, 0.3) is 16.7 Å². The zero-order valence-electron chi connectivity index (χ0n) is 13.4. The van der Waals surface area contributed by atoms with Crippen LogP contribution in [0, 0.1) is 0 Å². The summed E-state index contributed by atoms with van der Waals surface area (Å²) in [5.41, 5.74) is 4.09. The van der Waals surface area contributed by atoms with E-state index in [-0.39, 0.29) is 5.91 Å². The molecule has 0 aliphatic heterocycles.